The highest BCUT2D eigenvalue weighted by molar-refractivity contribution is 7.50. The molecule has 4 aliphatic heterocycles. The lowest BCUT2D eigenvalue weighted by atomic mass is 10.1. The molecule has 57 heavy (non-hydrogen) atoms. The molecule has 4 saturated heterocycles. The predicted molar refractivity (Wildman–Crippen MR) is 189 cm³/mol. The standard InChI is InChI=1S/C14H20N5O8P.C10H13N4O8P.C5H10O/c20-10-8(5-26-28(23,24)18-1-3-25-4-2-18)27-14(11(10)21)19-7-17-9-12(19)15-6-16-13(9)22;15-6-4(1-21-23(18,19)20)22-10(7(6)16)14-3-13-5-8(14)11-2-12-9(5)17;1-2-4-6-5-3-1/h6-8,10-11,14,20-21H,1-5H2,(H,23,24)(H,15,16,22);2-4,6-7,10,15-16H,1H2,(H,11,12,17)(H2,18,19,20);1-5H2/t8-,10?,11+,14-;4-,6?,7+,10-;/m11./s1. The molecule has 8 rings (SSSR count). The summed E-state index contributed by atoms with van der Waals surface area (Å²) in [4.78, 5) is 71.3. The fraction of sp³-hybridized carbons (Fsp3) is 0.655. The lowest BCUT2D eigenvalue weighted by Crippen LogP contribution is -2.36. The topological polar surface area (TPSA) is 362 Å². The van der Waals surface area contributed by atoms with Crippen LogP contribution >= 0.6 is 15.6 Å². The van der Waals surface area contributed by atoms with Crippen LogP contribution in [0.2, 0.25) is 0 Å². The molecule has 0 amide bonds. The van der Waals surface area contributed by atoms with Gasteiger partial charge >= 0.3 is 15.6 Å². The molecular weight excluding hydrogens is 808 g/mol. The highest BCUT2D eigenvalue weighted by atomic mass is 31.2. The van der Waals surface area contributed by atoms with Crippen LogP contribution in [0.3, 0.4) is 0 Å². The minimum atomic E-state index is -4.74. The number of aliphatic hydroxyl groups excluding tert-OH is 4. The molecule has 0 aliphatic carbocycles. The monoisotopic (exact) mass is 851 g/mol. The van der Waals surface area contributed by atoms with Gasteiger partial charge in [0, 0.05) is 26.3 Å². The van der Waals surface area contributed by atoms with Gasteiger partial charge in [0.2, 0.25) is 0 Å². The Labute approximate surface area is 320 Å². The van der Waals surface area contributed by atoms with E-state index in [1.807, 2.05) is 0 Å². The Morgan fingerprint density at radius 3 is 1.54 bits per heavy atom. The molecule has 9 atom stereocenters. The number of fused-ring (bicyclic) bond motifs is 2. The molecule has 26 nitrogen and oxygen atoms in total. The van der Waals surface area contributed by atoms with Crippen LogP contribution in [0.15, 0.2) is 34.9 Å². The molecular formula is C29H43N9O17P2. The molecule has 0 aromatic carbocycles. The van der Waals surface area contributed by atoms with Gasteiger partial charge in [-0.25, -0.2) is 33.7 Å². The van der Waals surface area contributed by atoms with Gasteiger partial charge in [-0.05, 0) is 19.3 Å². The molecule has 4 aliphatic rings. The van der Waals surface area contributed by atoms with Crippen LogP contribution in [0.1, 0.15) is 31.7 Å². The van der Waals surface area contributed by atoms with Crippen LogP contribution < -0.4 is 11.1 Å². The number of morpholine rings is 1. The number of rotatable bonds is 9. The molecule has 9 N–H and O–H groups in total. The van der Waals surface area contributed by atoms with Crippen molar-refractivity contribution in [3.05, 3.63) is 46.0 Å². The first-order valence-electron chi connectivity index (χ1n) is 17.6. The lowest BCUT2D eigenvalue weighted by molar-refractivity contribution is -0.0507. The van der Waals surface area contributed by atoms with Gasteiger partial charge in [-0.3, -0.25) is 27.8 Å². The Morgan fingerprint density at radius 2 is 1.12 bits per heavy atom. The molecule has 3 unspecified atom stereocenters. The van der Waals surface area contributed by atoms with Crippen LogP contribution in [-0.4, -0.2) is 168 Å². The molecule has 4 fully saturated rings. The van der Waals surface area contributed by atoms with Crippen LogP contribution in [0.4, 0.5) is 0 Å². The highest BCUT2D eigenvalue weighted by Crippen LogP contribution is 2.47. The molecule has 0 spiro atoms. The number of nitrogens with one attached hydrogen (secondary N) is 2. The molecule has 8 heterocycles. The number of hydrogen-bond acceptors (Lipinski definition) is 18. The molecule has 0 bridgehead atoms. The Hall–Kier alpha value is -3.40. The van der Waals surface area contributed by atoms with Crippen LogP contribution in [0.25, 0.3) is 22.3 Å². The van der Waals surface area contributed by atoms with Crippen LogP contribution in [0, 0.1) is 0 Å². The summed E-state index contributed by atoms with van der Waals surface area (Å²) in [6.07, 6.45) is -1.39. The maximum atomic E-state index is 12.4. The number of H-pyrrole nitrogens is 2. The zero-order chi connectivity index (χ0) is 40.9. The summed E-state index contributed by atoms with van der Waals surface area (Å²) in [5, 5.41) is 40.6. The number of phosphoric acid groups is 1. The Morgan fingerprint density at radius 1 is 0.667 bits per heavy atom. The fourth-order valence-corrected chi connectivity index (χ4v) is 7.72. The Kier molecular flexibility index (Phi) is 14.1. The zero-order valence-electron chi connectivity index (χ0n) is 29.9. The van der Waals surface area contributed by atoms with E-state index in [0.29, 0.717) is 13.2 Å². The minimum absolute atomic E-state index is 0.0210. The number of aromatic amines is 2. The quantitative estimate of drug-likeness (QED) is 0.0769. The molecule has 0 radical (unpaired) electrons. The van der Waals surface area contributed by atoms with Crippen molar-refractivity contribution in [2.45, 2.75) is 68.3 Å². The second kappa shape index (κ2) is 18.7. The average molecular weight is 852 g/mol. The lowest BCUT2D eigenvalue weighted by Gasteiger charge is -2.30. The smallest absolute Gasteiger partial charge is 0.387 e. The largest absolute Gasteiger partial charge is 0.469 e. The van der Waals surface area contributed by atoms with Crippen molar-refractivity contribution in [2.24, 2.45) is 0 Å². The molecule has 4 aromatic heterocycles. The van der Waals surface area contributed by atoms with Crippen molar-refractivity contribution in [1.82, 2.24) is 43.7 Å². The maximum absolute atomic E-state index is 12.4. The third kappa shape index (κ3) is 10.3. The summed E-state index contributed by atoms with van der Waals surface area (Å²) >= 11 is 0. The van der Waals surface area contributed by atoms with Gasteiger partial charge < -0.3 is 64.0 Å². The van der Waals surface area contributed by atoms with E-state index in [4.69, 9.17) is 33.3 Å². The molecule has 4 aromatic rings. The third-order valence-corrected chi connectivity index (χ3v) is 11.3. The molecule has 0 saturated carbocycles. The molecule has 316 valence electrons. The van der Waals surface area contributed by atoms with Crippen LogP contribution in [-0.2, 0) is 37.1 Å². The van der Waals surface area contributed by atoms with E-state index in [0.717, 1.165) is 19.5 Å². The van der Waals surface area contributed by atoms with E-state index >= 15 is 0 Å². The van der Waals surface area contributed by atoms with Gasteiger partial charge in [-0.15, -0.1) is 0 Å². The number of aromatic nitrogens is 8. The first-order chi connectivity index (χ1) is 27.2. The van der Waals surface area contributed by atoms with E-state index in [1.54, 1.807) is 0 Å². The van der Waals surface area contributed by atoms with E-state index in [-0.39, 0.29) is 35.4 Å². The van der Waals surface area contributed by atoms with E-state index < -0.39 is 89.0 Å². The first-order valence-corrected chi connectivity index (χ1v) is 20.6. The number of imidazole rings is 2. The number of aliphatic hydroxyl groups is 4. The maximum Gasteiger partial charge on any atom is 0.469 e. The van der Waals surface area contributed by atoms with Gasteiger partial charge in [0.05, 0.1) is 51.7 Å². The van der Waals surface area contributed by atoms with Crippen molar-refractivity contribution in [3.63, 3.8) is 0 Å². The summed E-state index contributed by atoms with van der Waals surface area (Å²) in [7, 11) is -8.83. The predicted octanol–water partition coefficient (Wildman–Crippen LogP) is -2.78. The number of hydrogen-bond donors (Lipinski definition) is 9. The van der Waals surface area contributed by atoms with Gasteiger partial charge in [0.1, 0.15) is 36.6 Å². The average Bonchev–Trinajstić information content (AvgIpc) is 3.97. The van der Waals surface area contributed by atoms with Crippen molar-refractivity contribution in [2.75, 3.05) is 52.7 Å². The van der Waals surface area contributed by atoms with Gasteiger partial charge in [-0.2, -0.15) is 0 Å². The molecule has 28 heteroatoms. The van der Waals surface area contributed by atoms with E-state index in [9.17, 15) is 44.0 Å². The van der Waals surface area contributed by atoms with Crippen LogP contribution in [0.5, 0.6) is 0 Å². The number of nitrogens with zero attached hydrogens (tertiary/aromatic N) is 7. The zero-order valence-corrected chi connectivity index (χ0v) is 31.7. The van der Waals surface area contributed by atoms with Crippen molar-refractivity contribution in [3.8, 4) is 0 Å². The second-order valence-corrected chi connectivity index (χ2v) is 16.1. The Balaban J connectivity index is 0.000000170. The fourth-order valence-electron chi connectivity index (χ4n) is 6.21. The van der Waals surface area contributed by atoms with Crippen molar-refractivity contribution < 1.29 is 72.2 Å². The van der Waals surface area contributed by atoms with Gasteiger partial charge in [0.25, 0.3) is 11.1 Å². The second-order valence-electron chi connectivity index (χ2n) is 13.0. The summed E-state index contributed by atoms with van der Waals surface area (Å²) < 4.78 is 57.5. The summed E-state index contributed by atoms with van der Waals surface area (Å²) in [5.41, 5.74) is -0.566. The third-order valence-electron chi connectivity index (χ3n) is 9.19. The normalized spacial score (nSPS) is 29.4. The van der Waals surface area contributed by atoms with Gasteiger partial charge in [0.15, 0.2) is 34.8 Å². The summed E-state index contributed by atoms with van der Waals surface area (Å²) in [5.74, 6) is 0. The minimum Gasteiger partial charge on any atom is -0.387 e. The SMILES string of the molecule is C1CCOCC1.O=c1[nH]cnc2c1ncn2[C@@H]1O[C@H](COP(=O)(O)N2CCOCC2)C(O)[C@@H]1O.O=c1[nH]cnc2c1ncn2[C@@H]1O[C@H](COP(=O)(O)O)C(O)[C@@H]1O. The first kappa shape index (κ1) is 43.2. The van der Waals surface area contributed by atoms with E-state index in [2.05, 4.69) is 34.4 Å². The Bertz CT molecular complexity index is 2140. The van der Waals surface area contributed by atoms with Crippen molar-refractivity contribution in [1.29, 1.82) is 0 Å². The highest BCUT2D eigenvalue weighted by Gasteiger charge is 2.47. The van der Waals surface area contributed by atoms with Crippen molar-refractivity contribution >= 4 is 37.9 Å². The summed E-state index contributed by atoms with van der Waals surface area (Å²) in [6.45, 7) is 2.08. The van der Waals surface area contributed by atoms with E-state index in [1.165, 1.54) is 52.0 Å². The number of phosphoric ester groups is 1. The number of ether oxygens (including phenoxy) is 4. The summed E-state index contributed by atoms with van der Waals surface area (Å²) in [6, 6.07) is 0. The van der Waals surface area contributed by atoms with Gasteiger partial charge in [-0.1, -0.05) is 0 Å².